The number of nitrogens with one attached hydrogen (secondary N) is 1. The molecule has 1 N–H and O–H groups in total. The molecule has 3 heterocycles. The fourth-order valence-electron chi connectivity index (χ4n) is 6.84. The van der Waals surface area contributed by atoms with Crippen LogP contribution >= 0.6 is 0 Å². The van der Waals surface area contributed by atoms with Crippen LogP contribution in [0.1, 0.15) is 92.3 Å². The van der Waals surface area contributed by atoms with E-state index in [2.05, 4.69) is 80.5 Å². The highest BCUT2D eigenvalue weighted by Crippen LogP contribution is 2.59. The van der Waals surface area contributed by atoms with Crippen molar-refractivity contribution in [1.29, 1.82) is 0 Å². The van der Waals surface area contributed by atoms with Gasteiger partial charge in [-0.15, -0.1) is 0 Å². The number of epoxide rings is 2. The monoisotopic (exact) mass is 574 g/mol. The van der Waals surface area contributed by atoms with Crippen LogP contribution in [0.3, 0.4) is 0 Å². The summed E-state index contributed by atoms with van der Waals surface area (Å²) in [5.41, 5.74) is 1.52. The van der Waals surface area contributed by atoms with Gasteiger partial charge < -0.3 is 33.7 Å². The summed E-state index contributed by atoms with van der Waals surface area (Å²) in [6, 6.07) is -0.248. The van der Waals surface area contributed by atoms with Crippen molar-refractivity contribution in [2.45, 2.75) is 123 Å². The number of carbonyl (C=O) groups is 1. The third kappa shape index (κ3) is 7.53. The smallest absolute Gasteiger partial charge is 0.408 e. The van der Waals surface area contributed by atoms with Gasteiger partial charge in [-0.2, -0.15) is 0 Å². The molecule has 2 aliphatic heterocycles. The lowest BCUT2D eigenvalue weighted by Crippen LogP contribution is -2.56. The van der Waals surface area contributed by atoms with E-state index >= 15 is 0 Å². The molecule has 0 unspecified atom stereocenters. The van der Waals surface area contributed by atoms with Crippen LogP contribution in [0.25, 0.3) is 0 Å². The van der Waals surface area contributed by atoms with Gasteiger partial charge in [-0.05, 0) is 71.9 Å². The van der Waals surface area contributed by atoms with E-state index in [4.69, 9.17) is 18.9 Å². The number of allylic oxidation sites excluding steroid dienone is 1. The Morgan fingerprint density at radius 1 is 1.27 bits per heavy atom. The normalized spacial score (nSPS) is 31.4. The molecule has 1 aromatic heterocycles. The minimum atomic E-state index is -0.434. The van der Waals surface area contributed by atoms with Gasteiger partial charge in [-0.25, -0.2) is 9.78 Å². The van der Waals surface area contributed by atoms with Crippen LogP contribution in [0.15, 0.2) is 24.2 Å². The highest BCUT2D eigenvalue weighted by atomic mass is 16.6. The molecule has 1 spiro atoms. The molecule has 9 heteroatoms. The minimum Gasteiger partial charge on any atom is -0.443 e. The molecule has 2 saturated heterocycles. The van der Waals surface area contributed by atoms with E-state index in [-0.39, 0.29) is 47.4 Å². The molecule has 1 saturated carbocycles. The van der Waals surface area contributed by atoms with E-state index in [1.165, 1.54) is 5.57 Å². The van der Waals surface area contributed by atoms with Gasteiger partial charge >= 0.3 is 6.09 Å². The zero-order valence-corrected chi connectivity index (χ0v) is 26.7. The van der Waals surface area contributed by atoms with Crippen molar-refractivity contribution in [2.75, 3.05) is 33.4 Å². The van der Waals surface area contributed by atoms with E-state index in [1.807, 2.05) is 6.33 Å². The summed E-state index contributed by atoms with van der Waals surface area (Å²) in [7, 11) is 1.70. The summed E-state index contributed by atoms with van der Waals surface area (Å²) in [6.07, 6.45) is 9.86. The van der Waals surface area contributed by atoms with Crippen molar-refractivity contribution in [2.24, 2.45) is 11.8 Å². The molecular weight excluding hydrogens is 520 g/mol. The molecule has 1 aromatic rings. The van der Waals surface area contributed by atoms with Gasteiger partial charge in [0.25, 0.3) is 0 Å². The molecule has 0 bridgehead atoms. The lowest BCUT2D eigenvalue weighted by molar-refractivity contribution is -0.118. The third-order valence-corrected chi connectivity index (χ3v) is 9.16. The highest BCUT2D eigenvalue weighted by Gasteiger charge is 2.72. The van der Waals surface area contributed by atoms with Crippen molar-refractivity contribution < 1.29 is 23.7 Å². The molecule has 41 heavy (non-hydrogen) atoms. The number of methoxy groups -OCH3 is 1. The Morgan fingerprint density at radius 2 is 1.98 bits per heavy atom. The predicted molar refractivity (Wildman–Crippen MR) is 160 cm³/mol. The van der Waals surface area contributed by atoms with Crippen LogP contribution in [0.5, 0.6) is 0 Å². The van der Waals surface area contributed by atoms with Crippen LogP contribution in [-0.2, 0) is 25.5 Å². The summed E-state index contributed by atoms with van der Waals surface area (Å²) >= 11 is 0. The van der Waals surface area contributed by atoms with Crippen molar-refractivity contribution in [3.05, 3.63) is 29.9 Å². The van der Waals surface area contributed by atoms with Gasteiger partial charge in [-0.3, -0.25) is 0 Å². The van der Waals surface area contributed by atoms with Crippen LogP contribution in [0, 0.1) is 11.8 Å². The molecular formula is C32H54N4O5. The number of alkyl carbamates (subject to hydrolysis) is 1. The Hall–Kier alpha value is -1.94. The van der Waals surface area contributed by atoms with E-state index in [0.29, 0.717) is 13.0 Å². The average Bonchev–Trinajstić information content (AvgIpc) is 3.78. The summed E-state index contributed by atoms with van der Waals surface area (Å²) in [6.45, 7) is 19.8. The predicted octanol–water partition coefficient (Wildman–Crippen LogP) is 5.50. The van der Waals surface area contributed by atoms with Gasteiger partial charge in [0.15, 0.2) is 0 Å². The number of ether oxygens (including phenoxy) is 4. The average molecular weight is 575 g/mol. The first-order chi connectivity index (χ1) is 19.6. The van der Waals surface area contributed by atoms with Crippen molar-refractivity contribution in [3.63, 3.8) is 0 Å². The molecule has 0 radical (unpaired) electrons. The number of hydrogen-bond acceptors (Lipinski definition) is 7. The molecule has 3 fully saturated rings. The van der Waals surface area contributed by atoms with Gasteiger partial charge in [-0.1, -0.05) is 39.3 Å². The van der Waals surface area contributed by atoms with Crippen molar-refractivity contribution in [3.8, 4) is 0 Å². The SMILES string of the molecule is CCCN(CCC)CCn1cnc([C@@H](NC(=O)O[C@@H]2CC[C@]3(CO3)[C@@H]([C@@]3(C)O[C@@H]3CC=C(C)C)[C@@H]2OC)C(C)C)c1. The Balaban J connectivity index is 1.38. The first-order valence-corrected chi connectivity index (χ1v) is 15.8. The molecule has 1 aliphatic carbocycles. The molecule has 0 aromatic carbocycles. The summed E-state index contributed by atoms with van der Waals surface area (Å²) < 4.78 is 26.6. The highest BCUT2D eigenvalue weighted by molar-refractivity contribution is 5.68. The Kier molecular flexibility index (Phi) is 10.6. The van der Waals surface area contributed by atoms with Crippen molar-refractivity contribution in [1.82, 2.24) is 19.8 Å². The Morgan fingerprint density at radius 3 is 2.56 bits per heavy atom. The lowest BCUT2D eigenvalue weighted by Gasteiger charge is -2.42. The summed E-state index contributed by atoms with van der Waals surface area (Å²) in [4.78, 5) is 20.5. The minimum absolute atomic E-state index is 0.00121. The second-order valence-electron chi connectivity index (χ2n) is 13.1. The third-order valence-electron chi connectivity index (χ3n) is 9.16. The number of hydrogen-bond donors (Lipinski definition) is 1. The van der Waals surface area contributed by atoms with Crippen LogP contribution < -0.4 is 5.32 Å². The maximum absolute atomic E-state index is 13.3. The molecule has 1 amide bonds. The summed E-state index contributed by atoms with van der Waals surface area (Å²) in [5, 5.41) is 3.12. The largest absolute Gasteiger partial charge is 0.443 e. The fourth-order valence-corrected chi connectivity index (χ4v) is 6.84. The fraction of sp³-hybridized carbons (Fsp3) is 0.812. The number of rotatable bonds is 15. The number of aromatic nitrogens is 2. The number of nitrogens with zero attached hydrogens (tertiary/aromatic N) is 3. The van der Waals surface area contributed by atoms with Crippen LogP contribution in [0.4, 0.5) is 4.79 Å². The number of imidazole rings is 1. The summed E-state index contributed by atoms with van der Waals surface area (Å²) in [5.74, 6) is 0.149. The quantitative estimate of drug-likeness (QED) is 0.218. The molecule has 4 rings (SSSR count). The van der Waals surface area contributed by atoms with E-state index < -0.39 is 6.09 Å². The second-order valence-corrected chi connectivity index (χ2v) is 13.1. The first kappa shape index (κ1) is 32.0. The van der Waals surface area contributed by atoms with E-state index in [1.54, 1.807) is 7.11 Å². The zero-order chi connectivity index (χ0) is 29.8. The van der Waals surface area contributed by atoms with Crippen LogP contribution in [0.2, 0.25) is 0 Å². The topological polar surface area (TPSA) is 93.7 Å². The van der Waals surface area contributed by atoms with Gasteiger partial charge in [0.05, 0.1) is 36.7 Å². The van der Waals surface area contributed by atoms with E-state index in [0.717, 1.165) is 57.6 Å². The Bertz CT molecular complexity index is 1030. The van der Waals surface area contributed by atoms with Crippen molar-refractivity contribution >= 4 is 6.09 Å². The first-order valence-electron chi connectivity index (χ1n) is 15.8. The lowest BCUT2D eigenvalue weighted by atomic mass is 9.68. The Labute approximate surface area is 247 Å². The maximum Gasteiger partial charge on any atom is 0.408 e. The number of amides is 1. The zero-order valence-electron chi connectivity index (χ0n) is 26.7. The van der Waals surface area contributed by atoms with E-state index in [9.17, 15) is 4.79 Å². The standard InChI is InChI=1S/C32H54N4O5/c1-9-15-35(16-10-2)17-18-36-19-24(33-21-36)27(23(5)6)34-30(37)40-25-13-14-32(20-39-32)29(28(25)38-8)31(7)26(41-31)12-11-22(3)4/h11,19,21,23,25-29H,9-10,12-18,20H2,1-8H3,(H,34,37)/t25-,26-,27+,28-,29-,31+,32+/m1/s1. The molecule has 7 atom stereocenters. The van der Waals surface area contributed by atoms with Gasteiger partial charge in [0.2, 0.25) is 0 Å². The second kappa shape index (κ2) is 13.6. The molecule has 9 nitrogen and oxygen atoms in total. The molecule has 232 valence electrons. The van der Waals surface area contributed by atoms with Gasteiger partial charge in [0.1, 0.15) is 23.4 Å². The molecule has 3 aliphatic rings. The van der Waals surface area contributed by atoms with Crippen LogP contribution in [-0.4, -0.2) is 83.4 Å². The van der Waals surface area contributed by atoms with Gasteiger partial charge in [0, 0.05) is 26.4 Å². The maximum atomic E-state index is 13.3. The number of carbonyl (C=O) groups excluding carboxylic acids is 1.